The molecule has 0 fully saturated rings. The monoisotopic (exact) mass is 308 g/mol. The van der Waals surface area contributed by atoms with Crippen molar-refractivity contribution in [3.8, 4) is 17.2 Å². The standard InChI is InChI=1S/C15H20N2O3S/c1-16-12(5-10-8-17-9-21-10)11-6-14(19-3)15(20-4)7-13(11)18-2/h6-9,12,16H,5H2,1-4H3. The number of aromatic nitrogens is 1. The zero-order chi connectivity index (χ0) is 15.2. The van der Waals surface area contributed by atoms with Gasteiger partial charge in [0.2, 0.25) is 0 Å². The summed E-state index contributed by atoms with van der Waals surface area (Å²) in [6.07, 6.45) is 2.73. The predicted octanol–water partition coefficient (Wildman–Crippen LogP) is 2.67. The summed E-state index contributed by atoms with van der Waals surface area (Å²) in [5, 5.41) is 3.32. The lowest BCUT2D eigenvalue weighted by Gasteiger charge is -2.21. The lowest BCUT2D eigenvalue weighted by Crippen LogP contribution is -2.19. The molecule has 0 spiro atoms. The van der Waals surface area contributed by atoms with Crippen LogP contribution in [0.3, 0.4) is 0 Å². The van der Waals surface area contributed by atoms with Crippen molar-refractivity contribution in [3.05, 3.63) is 34.3 Å². The van der Waals surface area contributed by atoms with E-state index >= 15 is 0 Å². The van der Waals surface area contributed by atoms with Crippen LogP contribution < -0.4 is 19.5 Å². The van der Waals surface area contributed by atoms with Crippen molar-refractivity contribution in [1.29, 1.82) is 0 Å². The maximum Gasteiger partial charge on any atom is 0.164 e. The van der Waals surface area contributed by atoms with Gasteiger partial charge in [-0.15, -0.1) is 11.3 Å². The van der Waals surface area contributed by atoms with E-state index < -0.39 is 0 Å². The number of rotatable bonds is 7. The van der Waals surface area contributed by atoms with Crippen LogP contribution in [0.5, 0.6) is 17.2 Å². The number of methoxy groups -OCH3 is 3. The first kappa shape index (κ1) is 15.6. The van der Waals surface area contributed by atoms with Crippen molar-refractivity contribution < 1.29 is 14.2 Å². The van der Waals surface area contributed by atoms with Crippen LogP contribution in [-0.2, 0) is 6.42 Å². The van der Waals surface area contributed by atoms with E-state index in [0.717, 1.165) is 17.7 Å². The third-order valence-electron chi connectivity index (χ3n) is 3.35. The smallest absolute Gasteiger partial charge is 0.164 e. The minimum atomic E-state index is 0.111. The fourth-order valence-electron chi connectivity index (χ4n) is 2.24. The third kappa shape index (κ3) is 3.46. The van der Waals surface area contributed by atoms with E-state index in [2.05, 4.69) is 10.3 Å². The Bertz CT molecular complexity index is 573. The average Bonchev–Trinajstić information content (AvgIpc) is 3.04. The highest BCUT2D eigenvalue weighted by molar-refractivity contribution is 7.09. The van der Waals surface area contributed by atoms with E-state index in [-0.39, 0.29) is 6.04 Å². The van der Waals surface area contributed by atoms with Crippen LogP contribution >= 0.6 is 11.3 Å². The molecule has 1 heterocycles. The Morgan fingerprint density at radius 2 is 1.76 bits per heavy atom. The minimum absolute atomic E-state index is 0.111. The molecule has 6 heteroatoms. The Hall–Kier alpha value is -1.79. The molecule has 0 radical (unpaired) electrons. The molecule has 2 rings (SSSR count). The molecule has 114 valence electrons. The number of nitrogens with zero attached hydrogens (tertiary/aromatic N) is 1. The van der Waals surface area contributed by atoms with Crippen LogP contribution in [-0.4, -0.2) is 33.4 Å². The van der Waals surface area contributed by atoms with Crippen LogP contribution in [0.2, 0.25) is 0 Å². The fourth-order valence-corrected chi connectivity index (χ4v) is 2.88. The summed E-state index contributed by atoms with van der Waals surface area (Å²) in [5.74, 6) is 2.13. The maximum absolute atomic E-state index is 5.50. The van der Waals surface area contributed by atoms with E-state index in [0.29, 0.717) is 11.5 Å². The van der Waals surface area contributed by atoms with Gasteiger partial charge in [0.05, 0.1) is 26.8 Å². The summed E-state index contributed by atoms with van der Waals surface area (Å²) in [4.78, 5) is 5.34. The lowest BCUT2D eigenvalue weighted by molar-refractivity contribution is 0.345. The van der Waals surface area contributed by atoms with Gasteiger partial charge in [-0.25, -0.2) is 0 Å². The molecule has 0 aliphatic rings. The van der Waals surface area contributed by atoms with E-state index in [9.17, 15) is 0 Å². The Morgan fingerprint density at radius 3 is 2.29 bits per heavy atom. The van der Waals surface area contributed by atoms with Gasteiger partial charge in [0, 0.05) is 35.2 Å². The van der Waals surface area contributed by atoms with Crippen molar-refractivity contribution >= 4 is 11.3 Å². The molecule has 21 heavy (non-hydrogen) atoms. The third-order valence-corrected chi connectivity index (χ3v) is 4.15. The molecule has 1 aromatic carbocycles. The van der Waals surface area contributed by atoms with E-state index in [4.69, 9.17) is 14.2 Å². The molecule has 0 bridgehead atoms. The molecule has 0 aliphatic heterocycles. The number of hydrogen-bond donors (Lipinski definition) is 1. The zero-order valence-electron chi connectivity index (χ0n) is 12.7. The van der Waals surface area contributed by atoms with E-state index in [1.807, 2.05) is 30.9 Å². The summed E-state index contributed by atoms with van der Waals surface area (Å²) in [6.45, 7) is 0. The molecular weight excluding hydrogens is 288 g/mol. The Morgan fingerprint density at radius 1 is 1.10 bits per heavy atom. The number of nitrogens with one attached hydrogen (secondary N) is 1. The first-order valence-electron chi connectivity index (χ1n) is 6.58. The molecule has 0 saturated carbocycles. The number of hydrogen-bond acceptors (Lipinski definition) is 6. The van der Waals surface area contributed by atoms with Crippen molar-refractivity contribution in [3.63, 3.8) is 0 Å². The molecule has 1 unspecified atom stereocenters. The topological polar surface area (TPSA) is 52.6 Å². The quantitative estimate of drug-likeness (QED) is 0.852. The minimum Gasteiger partial charge on any atom is -0.496 e. The summed E-state index contributed by atoms with van der Waals surface area (Å²) in [7, 11) is 6.83. The molecule has 1 aromatic heterocycles. The van der Waals surface area contributed by atoms with Gasteiger partial charge in [-0.05, 0) is 13.1 Å². The second kappa shape index (κ2) is 7.28. The maximum atomic E-state index is 5.50. The fraction of sp³-hybridized carbons (Fsp3) is 0.400. The Balaban J connectivity index is 2.39. The molecular formula is C15H20N2O3S. The predicted molar refractivity (Wildman–Crippen MR) is 83.7 cm³/mol. The second-order valence-electron chi connectivity index (χ2n) is 4.46. The summed E-state index contributed by atoms with van der Waals surface area (Å²) in [6, 6.07) is 3.92. The molecule has 0 amide bonds. The highest BCUT2D eigenvalue weighted by Gasteiger charge is 2.19. The van der Waals surface area contributed by atoms with Gasteiger partial charge in [0.1, 0.15) is 5.75 Å². The molecule has 0 aliphatic carbocycles. The van der Waals surface area contributed by atoms with Crippen molar-refractivity contribution in [2.45, 2.75) is 12.5 Å². The Kier molecular flexibility index (Phi) is 5.41. The lowest BCUT2D eigenvalue weighted by atomic mass is 10.0. The van der Waals surface area contributed by atoms with Gasteiger partial charge in [-0.2, -0.15) is 0 Å². The number of benzene rings is 1. The van der Waals surface area contributed by atoms with Crippen LogP contribution in [0.4, 0.5) is 0 Å². The zero-order valence-corrected chi connectivity index (χ0v) is 13.5. The summed E-state index contributed by atoms with van der Waals surface area (Å²) < 4.78 is 16.2. The molecule has 5 nitrogen and oxygen atoms in total. The van der Waals surface area contributed by atoms with Crippen LogP contribution in [0.15, 0.2) is 23.8 Å². The Labute approximate surface area is 128 Å². The molecule has 1 N–H and O–H groups in total. The first-order chi connectivity index (χ1) is 10.2. The number of thiazole rings is 1. The van der Waals surface area contributed by atoms with E-state index in [1.54, 1.807) is 32.7 Å². The summed E-state index contributed by atoms with van der Waals surface area (Å²) >= 11 is 1.64. The van der Waals surface area contributed by atoms with Gasteiger partial charge < -0.3 is 19.5 Å². The second-order valence-corrected chi connectivity index (χ2v) is 5.43. The first-order valence-corrected chi connectivity index (χ1v) is 7.46. The van der Waals surface area contributed by atoms with Crippen LogP contribution in [0.25, 0.3) is 0 Å². The van der Waals surface area contributed by atoms with Crippen molar-refractivity contribution in [1.82, 2.24) is 10.3 Å². The average molecular weight is 308 g/mol. The van der Waals surface area contributed by atoms with Gasteiger partial charge in [0.15, 0.2) is 11.5 Å². The highest BCUT2D eigenvalue weighted by atomic mass is 32.1. The van der Waals surface area contributed by atoms with Gasteiger partial charge in [0.25, 0.3) is 0 Å². The SMILES string of the molecule is CNC(Cc1cncs1)c1cc(OC)c(OC)cc1OC. The normalized spacial score (nSPS) is 12.0. The number of ether oxygens (including phenoxy) is 3. The van der Waals surface area contributed by atoms with Crippen molar-refractivity contribution in [2.24, 2.45) is 0 Å². The van der Waals surface area contributed by atoms with Crippen molar-refractivity contribution in [2.75, 3.05) is 28.4 Å². The van der Waals surface area contributed by atoms with Gasteiger partial charge >= 0.3 is 0 Å². The largest absolute Gasteiger partial charge is 0.496 e. The molecule has 1 atom stereocenters. The van der Waals surface area contributed by atoms with E-state index in [1.165, 1.54) is 4.88 Å². The van der Waals surface area contributed by atoms with Gasteiger partial charge in [-0.3, -0.25) is 4.98 Å². The molecule has 2 aromatic rings. The van der Waals surface area contributed by atoms with Gasteiger partial charge in [-0.1, -0.05) is 0 Å². The van der Waals surface area contributed by atoms with Crippen LogP contribution in [0.1, 0.15) is 16.5 Å². The van der Waals surface area contributed by atoms with Crippen LogP contribution in [0, 0.1) is 0 Å². The summed E-state index contributed by atoms with van der Waals surface area (Å²) in [5.41, 5.74) is 2.87. The highest BCUT2D eigenvalue weighted by Crippen LogP contribution is 2.38. The number of likely N-dealkylation sites (N-methyl/N-ethyl adjacent to an activating group) is 1. The molecule has 0 saturated heterocycles.